The summed E-state index contributed by atoms with van der Waals surface area (Å²) in [6.07, 6.45) is 2.92. The molecule has 10 nitrogen and oxygen atoms in total. The molecule has 1 aliphatic heterocycles. The van der Waals surface area contributed by atoms with Gasteiger partial charge in [0.15, 0.2) is 11.5 Å². The van der Waals surface area contributed by atoms with E-state index in [1.54, 1.807) is 10.9 Å². The van der Waals surface area contributed by atoms with Crippen LogP contribution in [0.15, 0.2) is 12.7 Å². The van der Waals surface area contributed by atoms with E-state index in [1.807, 2.05) is 0 Å². The Bertz CT molecular complexity index is 974. The lowest BCUT2D eigenvalue weighted by atomic mass is 9.78. The average Bonchev–Trinajstić information content (AvgIpc) is 2.96. The molecule has 29 heavy (non-hydrogen) atoms. The van der Waals surface area contributed by atoms with Crippen LogP contribution in [-0.4, -0.2) is 62.0 Å². The molecule has 1 radical (unpaired) electrons. The number of ether oxygens (including phenoxy) is 1. The number of anilines is 1. The number of aromatic nitrogens is 4. The van der Waals surface area contributed by atoms with Crippen molar-refractivity contribution in [2.75, 3.05) is 18.6 Å². The van der Waals surface area contributed by atoms with Gasteiger partial charge in [-0.1, -0.05) is 20.8 Å². The molecule has 3 rings (SSSR count). The molecule has 0 spiro atoms. The lowest BCUT2D eigenvalue weighted by Crippen LogP contribution is -2.58. The first kappa shape index (κ1) is 22.1. The maximum absolute atomic E-state index is 11.6. The summed E-state index contributed by atoms with van der Waals surface area (Å²) in [6, 6.07) is 0. The highest BCUT2D eigenvalue weighted by Crippen LogP contribution is 2.45. The van der Waals surface area contributed by atoms with E-state index in [0.29, 0.717) is 11.2 Å². The molecule has 0 bridgehead atoms. The second-order valence-electron chi connectivity index (χ2n) is 8.54. The molecule has 1 unspecified atom stereocenters. The molecule has 1 aliphatic rings. The van der Waals surface area contributed by atoms with Gasteiger partial charge in [0, 0.05) is 0 Å². The van der Waals surface area contributed by atoms with Crippen molar-refractivity contribution in [3.8, 4) is 0 Å². The number of hydrogen-bond donors (Lipinski definition) is 1. The maximum atomic E-state index is 11.6. The standard InChI is InChI=1S/C17H28N5O5SSi/c1-17(2,3)13(27-29(5)6)12-10(7-25-28(4,23)24)16(26-12)22-9-21-11-14(18)19-8-20-15(11)22/h8-10,12-13,16H,7H2,1-6H3,(H2,18,19,20)/t10-,12+,13?,16-/m1/s1. The SMILES string of the molecule is C[Si](C)OC([C@H]1O[C@@H](n2cnc3c(N)ncnc32)[C@@H]1COS(C)(=O)=O)C(C)(C)C. The summed E-state index contributed by atoms with van der Waals surface area (Å²) in [5.41, 5.74) is 6.67. The van der Waals surface area contributed by atoms with E-state index in [2.05, 4.69) is 48.8 Å². The number of nitrogen functional groups attached to an aromatic ring is 1. The minimum atomic E-state index is -3.61. The van der Waals surface area contributed by atoms with Gasteiger partial charge in [0.05, 0.1) is 37.3 Å². The zero-order valence-corrected chi connectivity index (χ0v) is 19.3. The second kappa shape index (κ2) is 7.91. The normalized spacial score (nSPS) is 24.0. The molecular formula is C17H28N5O5SSi. The third kappa shape index (κ3) is 4.77. The first-order valence-corrected chi connectivity index (χ1v) is 13.5. The molecule has 2 N–H and O–H groups in total. The van der Waals surface area contributed by atoms with E-state index < -0.39 is 25.4 Å². The van der Waals surface area contributed by atoms with E-state index in [4.69, 9.17) is 19.1 Å². The highest BCUT2D eigenvalue weighted by molar-refractivity contribution is 7.85. The van der Waals surface area contributed by atoms with Crippen LogP contribution in [0.4, 0.5) is 5.82 Å². The maximum Gasteiger partial charge on any atom is 0.264 e. The van der Waals surface area contributed by atoms with E-state index in [0.717, 1.165) is 6.26 Å². The molecule has 4 atom stereocenters. The number of nitrogens with zero attached hydrogens (tertiary/aromatic N) is 4. The topological polar surface area (TPSA) is 131 Å². The van der Waals surface area contributed by atoms with Gasteiger partial charge in [0.1, 0.15) is 18.1 Å². The van der Waals surface area contributed by atoms with Crippen molar-refractivity contribution >= 4 is 36.1 Å². The molecule has 0 aliphatic carbocycles. The fourth-order valence-electron chi connectivity index (χ4n) is 3.43. The number of fused-ring (bicyclic) bond motifs is 1. The third-order valence-electron chi connectivity index (χ3n) is 4.74. The highest BCUT2D eigenvalue weighted by Gasteiger charge is 2.52. The monoisotopic (exact) mass is 442 g/mol. The lowest BCUT2D eigenvalue weighted by Gasteiger charge is -2.51. The molecule has 1 saturated heterocycles. The Hall–Kier alpha value is -1.60. The first-order valence-electron chi connectivity index (χ1n) is 9.28. The van der Waals surface area contributed by atoms with Gasteiger partial charge in [-0.15, -0.1) is 0 Å². The van der Waals surface area contributed by atoms with E-state index in [-0.39, 0.29) is 36.0 Å². The Kier molecular flexibility index (Phi) is 6.02. The van der Waals surface area contributed by atoms with E-state index in [9.17, 15) is 8.42 Å². The molecule has 3 heterocycles. The van der Waals surface area contributed by atoms with Crippen molar-refractivity contribution in [3.63, 3.8) is 0 Å². The van der Waals surface area contributed by atoms with Gasteiger partial charge in [-0.3, -0.25) is 8.75 Å². The minimum absolute atomic E-state index is 0.0279. The zero-order chi connectivity index (χ0) is 21.6. The van der Waals surface area contributed by atoms with Crippen molar-refractivity contribution in [1.29, 1.82) is 0 Å². The van der Waals surface area contributed by atoms with Crippen molar-refractivity contribution in [1.82, 2.24) is 19.5 Å². The second-order valence-corrected chi connectivity index (χ2v) is 12.2. The van der Waals surface area contributed by atoms with Gasteiger partial charge in [-0.2, -0.15) is 8.42 Å². The zero-order valence-electron chi connectivity index (χ0n) is 17.5. The van der Waals surface area contributed by atoms with Crippen LogP contribution < -0.4 is 5.73 Å². The van der Waals surface area contributed by atoms with Crippen LogP contribution in [-0.2, 0) is 23.5 Å². The van der Waals surface area contributed by atoms with Gasteiger partial charge in [0.2, 0.25) is 9.04 Å². The summed E-state index contributed by atoms with van der Waals surface area (Å²) in [7, 11) is -4.61. The Morgan fingerprint density at radius 2 is 2.00 bits per heavy atom. The number of rotatable bonds is 7. The van der Waals surface area contributed by atoms with Gasteiger partial charge in [-0.25, -0.2) is 15.0 Å². The molecule has 2 aromatic rings. The largest absolute Gasteiger partial charge is 0.411 e. The van der Waals surface area contributed by atoms with E-state index in [1.165, 1.54) is 6.33 Å². The van der Waals surface area contributed by atoms with Gasteiger partial charge in [0.25, 0.3) is 10.1 Å². The van der Waals surface area contributed by atoms with E-state index >= 15 is 0 Å². The van der Waals surface area contributed by atoms with Crippen molar-refractivity contribution in [2.45, 2.75) is 52.3 Å². The lowest BCUT2D eigenvalue weighted by molar-refractivity contribution is -0.270. The van der Waals surface area contributed by atoms with Crippen LogP contribution >= 0.6 is 0 Å². The number of nitrogens with two attached hydrogens (primary N) is 1. The number of hydrogen-bond acceptors (Lipinski definition) is 9. The van der Waals surface area contributed by atoms with Gasteiger partial charge in [-0.05, 0) is 18.5 Å². The Balaban J connectivity index is 1.94. The molecular weight excluding hydrogens is 414 g/mol. The quantitative estimate of drug-likeness (QED) is 0.501. The van der Waals surface area contributed by atoms with Crippen molar-refractivity contribution < 1.29 is 21.8 Å². The molecule has 0 aromatic carbocycles. The van der Waals surface area contributed by atoms with Crippen LogP contribution in [0.25, 0.3) is 11.2 Å². The predicted octanol–water partition coefficient (Wildman–Crippen LogP) is 1.58. The van der Waals surface area contributed by atoms with Crippen LogP contribution in [0, 0.1) is 11.3 Å². The third-order valence-corrected chi connectivity index (χ3v) is 6.02. The predicted molar refractivity (Wildman–Crippen MR) is 110 cm³/mol. The van der Waals surface area contributed by atoms with Crippen LogP contribution in [0.5, 0.6) is 0 Å². The molecule has 1 fully saturated rings. The first-order chi connectivity index (χ1) is 13.4. The van der Waals surface area contributed by atoms with Gasteiger partial charge < -0.3 is 14.9 Å². The molecule has 2 aromatic heterocycles. The fourth-order valence-corrected chi connectivity index (χ4v) is 4.83. The summed E-state index contributed by atoms with van der Waals surface area (Å²) in [6.45, 7) is 10.3. The van der Waals surface area contributed by atoms with Crippen molar-refractivity contribution in [3.05, 3.63) is 12.7 Å². The summed E-state index contributed by atoms with van der Waals surface area (Å²) in [4.78, 5) is 12.5. The van der Waals surface area contributed by atoms with Crippen LogP contribution in [0.2, 0.25) is 13.1 Å². The summed E-state index contributed by atoms with van der Waals surface area (Å²) < 4.78 is 42.6. The van der Waals surface area contributed by atoms with Crippen molar-refractivity contribution in [2.24, 2.45) is 11.3 Å². The van der Waals surface area contributed by atoms with Gasteiger partial charge >= 0.3 is 0 Å². The summed E-state index contributed by atoms with van der Waals surface area (Å²) >= 11 is 0. The Labute approximate surface area is 172 Å². The van der Waals surface area contributed by atoms with Crippen LogP contribution in [0.1, 0.15) is 27.0 Å². The summed E-state index contributed by atoms with van der Waals surface area (Å²) in [5.74, 6) is -0.00226. The molecule has 161 valence electrons. The Morgan fingerprint density at radius 1 is 1.31 bits per heavy atom. The molecule has 0 amide bonds. The highest BCUT2D eigenvalue weighted by atomic mass is 32.2. The minimum Gasteiger partial charge on any atom is -0.411 e. The average molecular weight is 443 g/mol. The smallest absolute Gasteiger partial charge is 0.264 e. The number of imidazole rings is 1. The Morgan fingerprint density at radius 3 is 2.59 bits per heavy atom. The van der Waals surface area contributed by atoms with Crippen LogP contribution in [0.3, 0.4) is 0 Å². The molecule has 0 saturated carbocycles. The summed E-state index contributed by atoms with van der Waals surface area (Å²) in [5, 5.41) is 0. The molecule has 12 heteroatoms. The fraction of sp³-hybridized carbons (Fsp3) is 0.706.